The Balaban J connectivity index is 2.33. The number of hydrogen-bond acceptors (Lipinski definition) is 1. The van der Waals surface area contributed by atoms with Crippen molar-refractivity contribution in [2.24, 2.45) is 0 Å². The van der Waals surface area contributed by atoms with Gasteiger partial charge in [0.2, 0.25) is 0 Å². The van der Waals surface area contributed by atoms with Crippen molar-refractivity contribution in [3.05, 3.63) is 65.0 Å². The Hall–Kier alpha value is -2.16. The van der Waals surface area contributed by atoms with Gasteiger partial charge in [0, 0.05) is 12.7 Å². The average Bonchev–Trinajstić information content (AvgIpc) is 2.37. The first-order valence-electron chi connectivity index (χ1n) is 6.10. The first kappa shape index (κ1) is 13.3. The molecule has 0 fully saturated rings. The molecule has 19 heavy (non-hydrogen) atoms. The van der Waals surface area contributed by atoms with Gasteiger partial charge in [-0.25, -0.2) is 4.39 Å². The summed E-state index contributed by atoms with van der Waals surface area (Å²) in [4.78, 5) is 13.7. The van der Waals surface area contributed by atoms with Crippen molar-refractivity contribution < 1.29 is 9.18 Å². The van der Waals surface area contributed by atoms with E-state index in [0.29, 0.717) is 0 Å². The molecule has 0 aliphatic carbocycles. The van der Waals surface area contributed by atoms with Crippen LogP contribution < -0.4 is 4.90 Å². The van der Waals surface area contributed by atoms with Crippen LogP contribution in [0.4, 0.5) is 10.1 Å². The van der Waals surface area contributed by atoms with Crippen molar-refractivity contribution in [3.63, 3.8) is 0 Å². The Morgan fingerprint density at radius 1 is 1.05 bits per heavy atom. The van der Waals surface area contributed by atoms with Gasteiger partial charge in [-0.2, -0.15) is 0 Å². The van der Waals surface area contributed by atoms with E-state index in [1.165, 1.54) is 17.0 Å². The maximum Gasteiger partial charge on any atom is 0.260 e. The second-order valence-corrected chi connectivity index (χ2v) is 4.69. The molecule has 0 saturated heterocycles. The van der Waals surface area contributed by atoms with Crippen molar-refractivity contribution in [1.82, 2.24) is 0 Å². The fourth-order valence-electron chi connectivity index (χ4n) is 1.93. The van der Waals surface area contributed by atoms with Gasteiger partial charge in [-0.05, 0) is 49.2 Å². The van der Waals surface area contributed by atoms with Crippen LogP contribution in [0.2, 0.25) is 0 Å². The van der Waals surface area contributed by atoms with E-state index < -0.39 is 5.82 Å². The van der Waals surface area contributed by atoms with Crippen LogP contribution in [0.1, 0.15) is 21.5 Å². The van der Waals surface area contributed by atoms with Gasteiger partial charge in [-0.1, -0.05) is 18.2 Å². The molecule has 0 aliphatic heterocycles. The molecular weight excluding hydrogens is 241 g/mol. The molecule has 3 heteroatoms. The van der Waals surface area contributed by atoms with Gasteiger partial charge >= 0.3 is 0 Å². The van der Waals surface area contributed by atoms with Crippen LogP contribution in [0, 0.1) is 19.7 Å². The minimum atomic E-state index is -0.482. The monoisotopic (exact) mass is 257 g/mol. The highest BCUT2D eigenvalue weighted by Gasteiger charge is 2.17. The normalized spacial score (nSPS) is 10.3. The predicted octanol–water partition coefficient (Wildman–Crippen LogP) is 3.72. The summed E-state index contributed by atoms with van der Waals surface area (Å²) in [5.74, 6) is -0.826. The first-order valence-corrected chi connectivity index (χ1v) is 6.10. The largest absolute Gasteiger partial charge is 0.311 e. The van der Waals surface area contributed by atoms with Crippen LogP contribution >= 0.6 is 0 Å². The fraction of sp³-hybridized carbons (Fsp3) is 0.188. The molecule has 2 aromatic rings. The van der Waals surface area contributed by atoms with Crippen LogP contribution in [0.25, 0.3) is 0 Å². The van der Waals surface area contributed by atoms with Crippen LogP contribution in [-0.4, -0.2) is 13.0 Å². The minimum Gasteiger partial charge on any atom is -0.311 e. The number of halogens is 1. The Labute approximate surface area is 112 Å². The molecular formula is C16H16FNO. The SMILES string of the molecule is Cc1cccc(N(C)C(=O)c2ccc(C)cc2F)c1. The molecule has 2 nitrogen and oxygen atoms in total. The second kappa shape index (κ2) is 5.22. The van der Waals surface area contributed by atoms with Crippen molar-refractivity contribution in [2.75, 3.05) is 11.9 Å². The summed E-state index contributed by atoms with van der Waals surface area (Å²) in [6.45, 7) is 3.75. The number of anilines is 1. The zero-order valence-corrected chi connectivity index (χ0v) is 11.3. The number of amides is 1. The summed E-state index contributed by atoms with van der Waals surface area (Å²) in [5.41, 5.74) is 2.70. The van der Waals surface area contributed by atoms with Crippen LogP contribution in [-0.2, 0) is 0 Å². The van der Waals surface area contributed by atoms with E-state index in [2.05, 4.69) is 0 Å². The number of aryl methyl sites for hydroxylation is 2. The maximum absolute atomic E-state index is 13.8. The smallest absolute Gasteiger partial charge is 0.260 e. The first-order chi connectivity index (χ1) is 8.99. The molecule has 0 aliphatic rings. The van der Waals surface area contributed by atoms with Crippen LogP contribution in [0.15, 0.2) is 42.5 Å². The average molecular weight is 257 g/mol. The van der Waals surface area contributed by atoms with E-state index in [-0.39, 0.29) is 11.5 Å². The van der Waals surface area contributed by atoms with E-state index >= 15 is 0 Å². The predicted molar refractivity (Wildman–Crippen MR) is 75.0 cm³/mol. The second-order valence-electron chi connectivity index (χ2n) is 4.69. The van der Waals surface area contributed by atoms with Crippen LogP contribution in [0.5, 0.6) is 0 Å². The lowest BCUT2D eigenvalue weighted by Crippen LogP contribution is -2.27. The molecule has 0 radical (unpaired) electrons. The third-order valence-electron chi connectivity index (χ3n) is 3.05. The number of carbonyl (C=O) groups is 1. The molecule has 0 N–H and O–H groups in total. The van der Waals surface area contributed by atoms with E-state index in [4.69, 9.17) is 0 Å². The summed E-state index contributed by atoms with van der Waals surface area (Å²) in [6, 6.07) is 12.2. The van der Waals surface area contributed by atoms with Gasteiger partial charge in [0.05, 0.1) is 5.56 Å². The van der Waals surface area contributed by atoms with E-state index in [9.17, 15) is 9.18 Å². The highest BCUT2D eigenvalue weighted by molar-refractivity contribution is 6.05. The lowest BCUT2D eigenvalue weighted by molar-refractivity contribution is 0.0989. The molecule has 0 unspecified atom stereocenters. The molecule has 2 aromatic carbocycles. The Bertz CT molecular complexity index is 622. The molecule has 1 amide bonds. The zero-order valence-electron chi connectivity index (χ0n) is 11.3. The highest BCUT2D eigenvalue weighted by atomic mass is 19.1. The Morgan fingerprint density at radius 3 is 2.37 bits per heavy atom. The van der Waals surface area contributed by atoms with Gasteiger partial charge in [0.25, 0.3) is 5.91 Å². The third kappa shape index (κ3) is 2.81. The summed E-state index contributed by atoms with van der Waals surface area (Å²) >= 11 is 0. The van der Waals surface area contributed by atoms with Gasteiger partial charge in [-0.3, -0.25) is 4.79 Å². The Morgan fingerprint density at radius 2 is 1.74 bits per heavy atom. The Kier molecular flexibility index (Phi) is 3.65. The van der Waals surface area contributed by atoms with Gasteiger partial charge in [-0.15, -0.1) is 0 Å². The summed E-state index contributed by atoms with van der Waals surface area (Å²) < 4.78 is 13.8. The standard InChI is InChI=1S/C16H16FNO/c1-11-5-4-6-13(9-11)18(3)16(19)14-8-7-12(2)10-15(14)17/h4-10H,1-3H3. The van der Waals surface area contributed by atoms with Crippen molar-refractivity contribution in [1.29, 1.82) is 0 Å². The summed E-state index contributed by atoms with van der Waals surface area (Å²) in [6.07, 6.45) is 0. The lowest BCUT2D eigenvalue weighted by Gasteiger charge is -2.18. The van der Waals surface area contributed by atoms with E-state index in [0.717, 1.165) is 16.8 Å². The number of benzene rings is 2. The highest BCUT2D eigenvalue weighted by Crippen LogP contribution is 2.19. The molecule has 2 rings (SSSR count). The van der Waals surface area contributed by atoms with Gasteiger partial charge in [0.15, 0.2) is 0 Å². The number of carbonyl (C=O) groups excluding carboxylic acids is 1. The van der Waals surface area contributed by atoms with E-state index in [1.807, 2.05) is 31.2 Å². The quantitative estimate of drug-likeness (QED) is 0.803. The lowest BCUT2D eigenvalue weighted by atomic mass is 10.1. The third-order valence-corrected chi connectivity index (χ3v) is 3.05. The summed E-state index contributed by atoms with van der Waals surface area (Å²) in [5, 5.41) is 0. The van der Waals surface area contributed by atoms with Gasteiger partial charge < -0.3 is 4.90 Å². The molecule has 0 heterocycles. The molecule has 0 spiro atoms. The van der Waals surface area contributed by atoms with Crippen LogP contribution in [0.3, 0.4) is 0 Å². The minimum absolute atomic E-state index is 0.0922. The maximum atomic E-state index is 13.8. The van der Waals surface area contributed by atoms with Crippen molar-refractivity contribution in [3.8, 4) is 0 Å². The number of nitrogens with zero attached hydrogens (tertiary/aromatic N) is 1. The molecule has 0 bridgehead atoms. The molecule has 0 saturated carbocycles. The number of rotatable bonds is 2. The molecule has 98 valence electrons. The zero-order chi connectivity index (χ0) is 14.0. The fourth-order valence-corrected chi connectivity index (χ4v) is 1.93. The van der Waals surface area contributed by atoms with Crippen molar-refractivity contribution in [2.45, 2.75) is 13.8 Å². The summed E-state index contributed by atoms with van der Waals surface area (Å²) in [7, 11) is 1.65. The van der Waals surface area contributed by atoms with E-state index in [1.54, 1.807) is 20.0 Å². The molecule has 0 aromatic heterocycles. The van der Waals surface area contributed by atoms with Crippen molar-refractivity contribution >= 4 is 11.6 Å². The van der Waals surface area contributed by atoms with Gasteiger partial charge in [0.1, 0.15) is 5.82 Å². The number of hydrogen-bond donors (Lipinski definition) is 0. The topological polar surface area (TPSA) is 20.3 Å². The molecule has 0 atom stereocenters.